The standard InChI is InChI=1S/C25H27F4N7O/c1-16(2)12-22-21(32-18-5-3-4-17(13-18)25(27,28)29)7-6-19(33-22)14-31-35-24-30-15-20(26)23(34-24)36-8-10-37-11-9-36/h3-7,13,15-16,32H,8-12,14H2,1-2H3. The number of ether oxygens (including phenoxy) is 1. The number of hydrogen-bond acceptors (Lipinski definition) is 8. The lowest BCUT2D eigenvalue weighted by Gasteiger charge is -2.27. The second kappa shape index (κ2) is 11.6. The van der Waals surface area contributed by atoms with Crippen LogP contribution in [0.5, 0.6) is 0 Å². The van der Waals surface area contributed by atoms with Gasteiger partial charge >= 0.3 is 6.18 Å². The van der Waals surface area contributed by atoms with Crippen LogP contribution in [0.15, 0.2) is 52.8 Å². The molecule has 1 saturated heterocycles. The summed E-state index contributed by atoms with van der Waals surface area (Å²) < 4.78 is 58.8. The third-order valence-electron chi connectivity index (χ3n) is 5.52. The summed E-state index contributed by atoms with van der Waals surface area (Å²) in [6, 6.07) is 8.52. The number of pyridine rings is 1. The highest BCUT2D eigenvalue weighted by molar-refractivity contribution is 5.62. The third kappa shape index (κ3) is 7.19. The Morgan fingerprint density at radius 1 is 1.11 bits per heavy atom. The highest BCUT2D eigenvalue weighted by Crippen LogP contribution is 2.32. The van der Waals surface area contributed by atoms with Gasteiger partial charge in [-0.25, -0.2) is 9.37 Å². The van der Waals surface area contributed by atoms with E-state index in [2.05, 4.69) is 30.5 Å². The number of halogens is 4. The van der Waals surface area contributed by atoms with Gasteiger partial charge in [-0.2, -0.15) is 23.3 Å². The van der Waals surface area contributed by atoms with E-state index in [0.29, 0.717) is 55.5 Å². The second-order valence-corrected chi connectivity index (χ2v) is 8.94. The lowest BCUT2D eigenvalue weighted by Crippen LogP contribution is -2.37. The number of hydrogen-bond donors (Lipinski definition) is 1. The van der Waals surface area contributed by atoms with Gasteiger partial charge in [-0.05, 0) is 42.7 Å². The smallest absolute Gasteiger partial charge is 0.378 e. The van der Waals surface area contributed by atoms with Gasteiger partial charge in [-0.15, -0.1) is 5.11 Å². The summed E-state index contributed by atoms with van der Waals surface area (Å²) in [5, 5.41) is 11.2. The van der Waals surface area contributed by atoms with Crippen LogP contribution < -0.4 is 10.2 Å². The first-order chi connectivity index (χ1) is 17.7. The molecule has 1 aliphatic rings. The maximum absolute atomic E-state index is 14.2. The van der Waals surface area contributed by atoms with E-state index in [-0.39, 0.29) is 24.2 Å². The Labute approximate surface area is 211 Å². The topological polar surface area (TPSA) is 87.9 Å². The molecule has 0 unspecified atom stereocenters. The highest BCUT2D eigenvalue weighted by Gasteiger charge is 2.30. The number of benzene rings is 1. The Bertz CT molecular complexity index is 1240. The summed E-state index contributed by atoms with van der Waals surface area (Å²) in [4.78, 5) is 14.5. The summed E-state index contributed by atoms with van der Waals surface area (Å²) in [7, 11) is 0. The molecular formula is C25H27F4N7O. The molecule has 3 heterocycles. The van der Waals surface area contributed by atoms with Gasteiger partial charge in [0.15, 0.2) is 11.6 Å². The number of azo groups is 1. The summed E-state index contributed by atoms with van der Waals surface area (Å²) in [6.45, 7) is 6.21. The van der Waals surface area contributed by atoms with Crippen LogP contribution in [0, 0.1) is 11.7 Å². The first kappa shape index (κ1) is 26.4. The average Bonchev–Trinajstić information content (AvgIpc) is 2.86. The van der Waals surface area contributed by atoms with Gasteiger partial charge in [0.05, 0.1) is 42.0 Å². The Balaban J connectivity index is 1.49. The molecule has 3 aromatic rings. The van der Waals surface area contributed by atoms with Crippen molar-refractivity contribution in [2.45, 2.75) is 33.0 Å². The fraction of sp³-hybridized carbons (Fsp3) is 0.400. The van der Waals surface area contributed by atoms with E-state index in [1.54, 1.807) is 23.1 Å². The maximum Gasteiger partial charge on any atom is 0.416 e. The van der Waals surface area contributed by atoms with Crippen molar-refractivity contribution in [2.24, 2.45) is 16.1 Å². The van der Waals surface area contributed by atoms with Crippen molar-refractivity contribution in [1.29, 1.82) is 0 Å². The van der Waals surface area contributed by atoms with Gasteiger partial charge in [0.25, 0.3) is 5.95 Å². The molecule has 0 saturated carbocycles. The number of nitrogens with zero attached hydrogens (tertiary/aromatic N) is 6. The van der Waals surface area contributed by atoms with Crippen molar-refractivity contribution < 1.29 is 22.3 Å². The van der Waals surface area contributed by atoms with E-state index >= 15 is 0 Å². The van der Waals surface area contributed by atoms with E-state index in [1.165, 1.54) is 6.07 Å². The van der Waals surface area contributed by atoms with Crippen LogP contribution in [0.3, 0.4) is 0 Å². The minimum absolute atomic E-state index is 0.0353. The zero-order chi connectivity index (χ0) is 26.4. The summed E-state index contributed by atoms with van der Waals surface area (Å²) >= 11 is 0. The van der Waals surface area contributed by atoms with Crippen molar-refractivity contribution in [3.05, 3.63) is 65.4 Å². The van der Waals surface area contributed by atoms with Crippen molar-refractivity contribution in [1.82, 2.24) is 15.0 Å². The molecule has 2 aromatic heterocycles. The van der Waals surface area contributed by atoms with E-state index in [0.717, 1.165) is 18.3 Å². The Morgan fingerprint density at radius 2 is 1.89 bits per heavy atom. The number of aromatic nitrogens is 3. The zero-order valence-electron chi connectivity index (χ0n) is 20.5. The van der Waals surface area contributed by atoms with Crippen molar-refractivity contribution in [2.75, 3.05) is 36.5 Å². The minimum Gasteiger partial charge on any atom is -0.378 e. The predicted octanol–water partition coefficient (Wildman–Crippen LogP) is 6.09. The molecule has 8 nitrogen and oxygen atoms in total. The largest absolute Gasteiger partial charge is 0.416 e. The van der Waals surface area contributed by atoms with Gasteiger partial charge in [0.2, 0.25) is 0 Å². The second-order valence-electron chi connectivity index (χ2n) is 8.94. The number of anilines is 3. The van der Waals surface area contributed by atoms with Crippen molar-refractivity contribution >= 4 is 23.1 Å². The van der Waals surface area contributed by atoms with Crippen molar-refractivity contribution in [3.63, 3.8) is 0 Å². The van der Waals surface area contributed by atoms with E-state index < -0.39 is 17.6 Å². The van der Waals surface area contributed by atoms with Crippen molar-refractivity contribution in [3.8, 4) is 0 Å². The molecule has 0 bridgehead atoms. The van der Waals surface area contributed by atoms with Gasteiger partial charge < -0.3 is 15.0 Å². The summed E-state index contributed by atoms with van der Waals surface area (Å²) in [6.07, 6.45) is -2.75. The number of rotatable bonds is 8. The van der Waals surface area contributed by atoms with Crippen LogP contribution in [0.1, 0.15) is 30.8 Å². The Hall–Kier alpha value is -3.67. The zero-order valence-corrected chi connectivity index (χ0v) is 20.5. The predicted molar refractivity (Wildman–Crippen MR) is 131 cm³/mol. The molecule has 0 spiro atoms. The van der Waals surface area contributed by atoms with Crippen LogP contribution in [0.4, 0.5) is 40.7 Å². The monoisotopic (exact) mass is 517 g/mol. The van der Waals surface area contributed by atoms with Gasteiger partial charge in [0.1, 0.15) is 6.54 Å². The van der Waals surface area contributed by atoms with E-state index in [9.17, 15) is 17.6 Å². The molecule has 1 N–H and O–H groups in total. The molecule has 1 aromatic carbocycles. The van der Waals surface area contributed by atoms with Crippen LogP contribution in [0.25, 0.3) is 0 Å². The third-order valence-corrected chi connectivity index (χ3v) is 5.52. The Kier molecular flexibility index (Phi) is 8.27. The average molecular weight is 518 g/mol. The summed E-state index contributed by atoms with van der Waals surface area (Å²) in [5.74, 6) is -0.0786. The first-order valence-electron chi connectivity index (χ1n) is 11.8. The molecule has 1 aliphatic heterocycles. The summed E-state index contributed by atoms with van der Waals surface area (Å²) in [5.41, 5.74) is 1.52. The molecule has 0 radical (unpaired) electrons. The number of morpholine rings is 1. The fourth-order valence-electron chi connectivity index (χ4n) is 3.78. The highest BCUT2D eigenvalue weighted by atomic mass is 19.4. The normalized spacial score (nSPS) is 14.5. The molecular weight excluding hydrogens is 490 g/mol. The van der Waals surface area contributed by atoms with E-state index in [4.69, 9.17) is 4.74 Å². The first-order valence-corrected chi connectivity index (χ1v) is 11.8. The van der Waals surface area contributed by atoms with E-state index in [1.807, 2.05) is 13.8 Å². The lowest BCUT2D eigenvalue weighted by atomic mass is 10.1. The molecule has 0 amide bonds. The van der Waals surface area contributed by atoms with Gasteiger partial charge in [-0.1, -0.05) is 19.9 Å². The molecule has 0 atom stereocenters. The minimum atomic E-state index is -4.43. The fourth-order valence-corrected chi connectivity index (χ4v) is 3.78. The number of alkyl halides is 3. The van der Waals surface area contributed by atoms with Crippen LogP contribution in [-0.2, 0) is 23.9 Å². The molecule has 12 heteroatoms. The van der Waals surface area contributed by atoms with Crippen LogP contribution in [-0.4, -0.2) is 41.3 Å². The van der Waals surface area contributed by atoms with Gasteiger partial charge in [0, 0.05) is 18.8 Å². The maximum atomic E-state index is 14.2. The molecule has 196 valence electrons. The number of nitrogens with one attached hydrogen (secondary N) is 1. The molecule has 1 fully saturated rings. The molecule has 0 aliphatic carbocycles. The molecule has 37 heavy (non-hydrogen) atoms. The molecule has 4 rings (SSSR count). The Morgan fingerprint density at radius 3 is 2.62 bits per heavy atom. The van der Waals surface area contributed by atoms with Crippen LogP contribution in [0.2, 0.25) is 0 Å². The quantitative estimate of drug-likeness (QED) is 0.287. The van der Waals surface area contributed by atoms with Crippen LogP contribution >= 0.6 is 0 Å². The lowest BCUT2D eigenvalue weighted by molar-refractivity contribution is -0.137. The SMILES string of the molecule is CC(C)Cc1nc(CN=Nc2ncc(F)c(N3CCOCC3)n2)ccc1Nc1cccc(C(F)(F)F)c1. The van der Waals surface area contributed by atoms with Gasteiger partial charge in [-0.3, -0.25) is 4.98 Å².